The molecule has 0 unspecified atom stereocenters. The molecule has 1 amide bonds. The lowest BCUT2D eigenvalue weighted by Crippen LogP contribution is -2.52. The van der Waals surface area contributed by atoms with Crippen LogP contribution in [0.1, 0.15) is 38.2 Å². The van der Waals surface area contributed by atoms with E-state index in [4.69, 9.17) is 11.6 Å². The van der Waals surface area contributed by atoms with Crippen molar-refractivity contribution < 1.29 is 9.90 Å². The molecule has 1 aliphatic carbocycles. The van der Waals surface area contributed by atoms with Crippen LogP contribution in [-0.2, 0) is 4.79 Å². The largest absolute Gasteiger partial charge is 0.394 e. The van der Waals surface area contributed by atoms with E-state index >= 15 is 0 Å². The normalized spacial score (nSPS) is 26.0. The Bertz CT molecular complexity index is 502. The maximum absolute atomic E-state index is 12.1. The van der Waals surface area contributed by atoms with Crippen molar-refractivity contribution in [2.75, 3.05) is 6.61 Å². The van der Waals surface area contributed by atoms with E-state index in [-0.39, 0.29) is 12.5 Å². The molecule has 0 aliphatic heterocycles. The van der Waals surface area contributed by atoms with Gasteiger partial charge in [-0.05, 0) is 55.4 Å². The summed E-state index contributed by atoms with van der Waals surface area (Å²) < 4.78 is 0. The topological polar surface area (TPSA) is 49.3 Å². The number of hydrogen-bond donors (Lipinski definition) is 2. The predicted molar refractivity (Wildman–Crippen MR) is 86.1 cm³/mol. The van der Waals surface area contributed by atoms with Crippen LogP contribution >= 0.6 is 11.6 Å². The zero-order valence-corrected chi connectivity index (χ0v) is 13.1. The summed E-state index contributed by atoms with van der Waals surface area (Å²) in [6.07, 6.45) is 7.03. The zero-order chi connectivity index (χ0) is 15.3. The Balaban J connectivity index is 1.95. The minimum absolute atomic E-state index is 0.000243. The Morgan fingerprint density at radius 2 is 2.00 bits per heavy atom. The predicted octanol–water partition coefficient (Wildman–Crippen LogP) is 3.41. The van der Waals surface area contributed by atoms with Crippen LogP contribution in [0.2, 0.25) is 5.02 Å². The van der Waals surface area contributed by atoms with E-state index in [9.17, 15) is 9.90 Å². The summed E-state index contributed by atoms with van der Waals surface area (Å²) in [5, 5.41) is 13.3. The van der Waals surface area contributed by atoms with Gasteiger partial charge in [0.05, 0.1) is 12.1 Å². The average molecular weight is 308 g/mol. The molecule has 2 rings (SSSR count). The van der Waals surface area contributed by atoms with Gasteiger partial charge in [-0.15, -0.1) is 0 Å². The van der Waals surface area contributed by atoms with Gasteiger partial charge in [0.15, 0.2) is 0 Å². The van der Waals surface area contributed by atoms with Crippen molar-refractivity contribution in [2.24, 2.45) is 5.92 Å². The van der Waals surface area contributed by atoms with Gasteiger partial charge in [-0.2, -0.15) is 0 Å². The fourth-order valence-electron chi connectivity index (χ4n) is 2.69. The summed E-state index contributed by atoms with van der Waals surface area (Å²) in [7, 11) is 0. The molecule has 1 saturated carbocycles. The first kappa shape index (κ1) is 16.1. The molecule has 3 nitrogen and oxygen atoms in total. The molecule has 0 saturated heterocycles. The van der Waals surface area contributed by atoms with Crippen LogP contribution < -0.4 is 5.32 Å². The molecule has 21 heavy (non-hydrogen) atoms. The number of halogens is 1. The fraction of sp³-hybridized carbons (Fsp3) is 0.471. The second-order valence-electron chi connectivity index (χ2n) is 6.00. The lowest BCUT2D eigenvalue weighted by molar-refractivity contribution is -0.119. The number of aliphatic hydroxyl groups excluding tert-OH is 1. The van der Waals surface area contributed by atoms with E-state index in [1.807, 2.05) is 12.1 Å². The molecule has 0 heterocycles. The van der Waals surface area contributed by atoms with Gasteiger partial charge in [0.1, 0.15) is 0 Å². The molecule has 0 bridgehead atoms. The number of hydrogen-bond acceptors (Lipinski definition) is 2. The van der Waals surface area contributed by atoms with E-state index < -0.39 is 5.54 Å². The molecule has 1 aliphatic rings. The number of benzene rings is 1. The first-order valence-electron chi connectivity index (χ1n) is 7.40. The number of amides is 1. The van der Waals surface area contributed by atoms with Crippen LogP contribution in [-0.4, -0.2) is 23.2 Å². The smallest absolute Gasteiger partial charge is 0.244 e. The number of nitrogens with one attached hydrogen (secondary N) is 1. The van der Waals surface area contributed by atoms with Crippen LogP contribution in [0.4, 0.5) is 0 Å². The molecule has 0 spiro atoms. The number of carbonyl (C=O) groups is 1. The lowest BCUT2D eigenvalue weighted by atomic mass is 9.77. The summed E-state index contributed by atoms with van der Waals surface area (Å²) >= 11 is 5.82. The van der Waals surface area contributed by atoms with Gasteiger partial charge >= 0.3 is 0 Å². The summed E-state index contributed by atoms with van der Waals surface area (Å²) in [4.78, 5) is 12.1. The quantitative estimate of drug-likeness (QED) is 0.838. The van der Waals surface area contributed by atoms with E-state index in [1.54, 1.807) is 18.2 Å². The third kappa shape index (κ3) is 4.58. The molecule has 1 aromatic rings. The van der Waals surface area contributed by atoms with E-state index in [2.05, 4.69) is 12.2 Å². The number of carbonyl (C=O) groups excluding carboxylic acids is 1. The minimum Gasteiger partial charge on any atom is -0.394 e. The van der Waals surface area contributed by atoms with E-state index in [0.717, 1.165) is 31.2 Å². The highest BCUT2D eigenvalue weighted by Crippen LogP contribution is 2.31. The lowest BCUT2D eigenvalue weighted by Gasteiger charge is -2.38. The molecule has 2 N–H and O–H groups in total. The Morgan fingerprint density at radius 1 is 1.38 bits per heavy atom. The monoisotopic (exact) mass is 307 g/mol. The Kier molecular flexibility index (Phi) is 5.43. The van der Waals surface area contributed by atoms with Crippen molar-refractivity contribution in [3.63, 3.8) is 0 Å². The second kappa shape index (κ2) is 7.10. The van der Waals surface area contributed by atoms with Crippen LogP contribution in [0.5, 0.6) is 0 Å². The van der Waals surface area contributed by atoms with Gasteiger partial charge in [-0.3, -0.25) is 4.79 Å². The molecule has 1 aromatic carbocycles. The molecular formula is C17H22ClNO2. The van der Waals surface area contributed by atoms with Gasteiger partial charge in [-0.25, -0.2) is 0 Å². The van der Waals surface area contributed by atoms with Crippen LogP contribution in [0.25, 0.3) is 6.08 Å². The van der Waals surface area contributed by atoms with Gasteiger partial charge in [0.25, 0.3) is 0 Å². The first-order chi connectivity index (χ1) is 10.0. The van der Waals surface area contributed by atoms with Crippen molar-refractivity contribution in [3.8, 4) is 0 Å². The Hall–Kier alpha value is -1.32. The highest BCUT2D eigenvalue weighted by atomic mass is 35.5. The second-order valence-corrected chi connectivity index (χ2v) is 6.43. The first-order valence-corrected chi connectivity index (χ1v) is 7.77. The van der Waals surface area contributed by atoms with Crippen molar-refractivity contribution >= 4 is 23.6 Å². The van der Waals surface area contributed by atoms with Crippen molar-refractivity contribution in [1.82, 2.24) is 5.32 Å². The number of rotatable bonds is 4. The molecule has 4 heteroatoms. The van der Waals surface area contributed by atoms with E-state index in [1.165, 1.54) is 6.08 Å². The van der Waals surface area contributed by atoms with Crippen molar-refractivity contribution in [3.05, 3.63) is 40.9 Å². The summed E-state index contributed by atoms with van der Waals surface area (Å²) in [5.41, 5.74) is 0.471. The van der Waals surface area contributed by atoms with Crippen LogP contribution in [0.15, 0.2) is 30.3 Å². The molecule has 1 fully saturated rings. The van der Waals surface area contributed by atoms with Gasteiger partial charge in [0.2, 0.25) is 5.91 Å². The standard InChI is InChI=1S/C17H22ClNO2/c1-13-8-10-17(12-20,11-9-13)19-16(21)7-4-14-2-5-15(18)6-3-14/h2-7,13,20H,8-12H2,1H3,(H,19,21). The molecule has 0 aromatic heterocycles. The summed E-state index contributed by atoms with van der Waals surface area (Å²) in [5.74, 6) is 0.514. The van der Waals surface area contributed by atoms with Gasteiger partial charge in [0, 0.05) is 11.1 Å². The molecule has 0 atom stereocenters. The van der Waals surface area contributed by atoms with Crippen LogP contribution in [0, 0.1) is 5.92 Å². The zero-order valence-electron chi connectivity index (χ0n) is 12.3. The molecule has 0 radical (unpaired) electrons. The summed E-state index contributed by atoms with van der Waals surface area (Å²) in [6.45, 7) is 2.21. The Morgan fingerprint density at radius 3 is 2.57 bits per heavy atom. The maximum Gasteiger partial charge on any atom is 0.244 e. The van der Waals surface area contributed by atoms with Crippen LogP contribution in [0.3, 0.4) is 0 Å². The third-order valence-electron chi connectivity index (χ3n) is 4.22. The van der Waals surface area contributed by atoms with Gasteiger partial charge in [-0.1, -0.05) is 30.7 Å². The van der Waals surface area contributed by atoms with E-state index in [0.29, 0.717) is 10.9 Å². The average Bonchev–Trinajstić information content (AvgIpc) is 2.49. The number of aliphatic hydroxyl groups is 1. The highest BCUT2D eigenvalue weighted by molar-refractivity contribution is 6.30. The van der Waals surface area contributed by atoms with Crippen molar-refractivity contribution in [2.45, 2.75) is 38.1 Å². The summed E-state index contributed by atoms with van der Waals surface area (Å²) in [6, 6.07) is 7.29. The fourth-order valence-corrected chi connectivity index (χ4v) is 2.81. The third-order valence-corrected chi connectivity index (χ3v) is 4.47. The SMILES string of the molecule is CC1CCC(CO)(NC(=O)C=Cc2ccc(Cl)cc2)CC1. The molecule has 114 valence electrons. The highest BCUT2D eigenvalue weighted by Gasteiger charge is 2.34. The molecular weight excluding hydrogens is 286 g/mol. The van der Waals surface area contributed by atoms with Gasteiger partial charge < -0.3 is 10.4 Å². The minimum atomic E-state index is -0.450. The Labute approximate surface area is 131 Å². The maximum atomic E-state index is 12.1. The van der Waals surface area contributed by atoms with Crippen molar-refractivity contribution in [1.29, 1.82) is 0 Å².